The topological polar surface area (TPSA) is 87.7 Å². The lowest BCUT2D eigenvalue weighted by atomic mass is 9.95. The fourth-order valence-corrected chi connectivity index (χ4v) is 4.33. The summed E-state index contributed by atoms with van der Waals surface area (Å²) < 4.78 is 5.48. The first-order valence-corrected chi connectivity index (χ1v) is 14.0. The summed E-state index contributed by atoms with van der Waals surface area (Å²) in [6, 6.07) is 6.15. The molecule has 210 valence electrons. The van der Waals surface area contributed by atoms with Crippen LogP contribution in [0.25, 0.3) is 0 Å². The van der Waals surface area contributed by atoms with Gasteiger partial charge < -0.3 is 20.3 Å². The third kappa shape index (κ3) is 11.1. The van der Waals surface area contributed by atoms with Crippen molar-refractivity contribution >= 4 is 17.9 Å². The van der Waals surface area contributed by atoms with Gasteiger partial charge in [-0.25, -0.2) is 4.79 Å². The molecule has 37 heavy (non-hydrogen) atoms. The van der Waals surface area contributed by atoms with E-state index in [1.165, 1.54) is 0 Å². The highest BCUT2D eigenvalue weighted by Crippen LogP contribution is 2.26. The maximum Gasteiger partial charge on any atom is 0.408 e. The molecule has 7 nitrogen and oxygen atoms in total. The summed E-state index contributed by atoms with van der Waals surface area (Å²) in [5.74, 6) is -0.605. The molecular formula is C30H51N3O4. The highest BCUT2D eigenvalue weighted by atomic mass is 16.6. The lowest BCUT2D eigenvalue weighted by molar-refractivity contribution is -0.143. The zero-order valence-electron chi connectivity index (χ0n) is 24.6. The van der Waals surface area contributed by atoms with E-state index < -0.39 is 23.8 Å². The Bertz CT molecular complexity index is 865. The fraction of sp³-hybridized carbons (Fsp3) is 0.700. The Labute approximate surface area is 225 Å². The summed E-state index contributed by atoms with van der Waals surface area (Å²) in [5.41, 5.74) is 1.10. The molecule has 0 bridgehead atoms. The van der Waals surface area contributed by atoms with Crippen molar-refractivity contribution in [1.29, 1.82) is 0 Å². The van der Waals surface area contributed by atoms with Gasteiger partial charge in [0, 0.05) is 12.6 Å². The highest BCUT2D eigenvalue weighted by molar-refractivity contribution is 5.92. The van der Waals surface area contributed by atoms with E-state index >= 15 is 0 Å². The minimum atomic E-state index is -0.811. The van der Waals surface area contributed by atoms with Crippen LogP contribution >= 0.6 is 0 Å². The van der Waals surface area contributed by atoms with E-state index in [1.807, 2.05) is 52.0 Å². The second-order valence-electron chi connectivity index (χ2n) is 11.3. The molecule has 0 saturated heterocycles. The standard InChI is InChI=1S/C30H51N3O4/c1-10-13-14-19-33(28(35)25(22(5)12-3)32-29(36)37-30(7,8)9)26(24-18-15-17-21(4)20-24)27(34)31-23(6)16-11-2/h15,17-18,20,22-23,25-26H,10-14,16,19H2,1-9H3,(H,31,34)(H,32,36). The van der Waals surface area contributed by atoms with Crippen molar-refractivity contribution < 1.29 is 19.1 Å². The van der Waals surface area contributed by atoms with Gasteiger partial charge in [0.2, 0.25) is 11.8 Å². The molecule has 4 atom stereocenters. The molecule has 0 heterocycles. The van der Waals surface area contributed by atoms with Gasteiger partial charge in [-0.05, 0) is 58.9 Å². The second-order valence-corrected chi connectivity index (χ2v) is 11.3. The van der Waals surface area contributed by atoms with Crippen LogP contribution in [0.4, 0.5) is 4.79 Å². The molecule has 0 radical (unpaired) electrons. The first-order chi connectivity index (χ1) is 17.3. The molecule has 4 unspecified atom stereocenters. The predicted molar refractivity (Wildman–Crippen MR) is 150 cm³/mol. The number of nitrogens with one attached hydrogen (secondary N) is 2. The van der Waals surface area contributed by atoms with Crippen LogP contribution in [-0.4, -0.2) is 47.0 Å². The van der Waals surface area contributed by atoms with E-state index in [0.29, 0.717) is 13.0 Å². The first-order valence-electron chi connectivity index (χ1n) is 14.0. The molecule has 1 aromatic carbocycles. The maximum absolute atomic E-state index is 14.2. The van der Waals surface area contributed by atoms with Gasteiger partial charge in [0.15, 0.2) is 0 Å². The number of aryl methyl sites for hydroxylation is 1. The molecule has 2 N–H and O–H groups in total. The number of hydrogen-bond donors (Lipinski definition) is 2. The van der Waals surface area contributed by atoms with E-state index in [2.05, 4.69) is 24.5 Å². The van der Waals surface area contributed by atoms with Crippen molar-refractivity contribution in [3.05, 3.63) is 35.4 Å². The number of alkyl carbamates (subject to hydrolysis) is 1. The quantitative estimate of drug-likeness (QED) is 0.284. The molecule has 0 saturated carbocycles. The maximum atomic E-state index is 14.2. The SMILES string of the molecule is CCCCCN(C(=O)C(NC(=O)OC(C)(C)C)C(C)CC)C(C(=O)NC(C)CCC)c1cccc(C)c1. The number of unbranched alkanes of at least 4 members (excludes halogenated alkanes) is 2. The molecule has 0 aliphatic rings. The smallest absolute Gasteiger partial charge is 0.408 e. The van der Waals surface area contributed by atoms with Gasteiger partial charge in [0.1, 0.15) is 17.7 Å². The molecule has 0 spiro atoms. The molecule has 0 fully saturated rings. The molecular weight excluding hydrogens is 466 g/mol. The van der Waals surface area contributed by atoms with Crippen LogP contribution in [0.1, 0.15) is 111 Å². The van der Waals surface area contributed by atoms with Gasteiger partial charge in [-0.2, -0.15) is 0 Å². The monoisotopic (exact) mass is 517 g/mol. The van der Waals surface area contributed by atoms with Crippen molar-refractivity contribution in [2.24, 2.45) is 5.92 Å². The number of carbonyl (C=O) groups is 3. The fourth-order valence-electron chi connectivity index (χ4n) is 4.33. The van der Waals surface area contributed by atoms with Crippen LogP contribution in [0.2, 0.25) is 0 Å². The molecule has 1 rings (SSSR count). The van der Waals surface area contributed by atoms with Gasteiger partial charge >= 0.3 is 6.09 Å². The third-order valence-corrected chi connectivity index (χ3v) is 6.47. The Kier molecular flexibility index (Phi) is 13.7. The average molecular weight is 518 g/mol. The normalized spacial score (nSPS) is 14.7. The molecule has 1 aromatic rings. The molecule has 3 amide bonds. The molecule has 0 aromatic heterocycles. The van der Waals surface area contributed by atoms with Crippen molar-refractivity contribution in [1.82, 2.24) is 15.5 Å². The Hall–Kier alpha value is -2.57. The summed E-state index contributed by atoms with van der Waals surface area (Å²) in [6.07, 6.45) is 4.55. The number of amides is 3. The van der Waals surface area contributed by atoms with Crippen molar-refractivity contribution in [2.75, 3.05) is 6.54 Å². The largest absolute Gasteiger partial charge is 0.444 e. The van der Waals surface area contributed by atoms with Crippen LogP contribution < -0.4 is 10.6 Å². The first kappa shape index (κ1) is 32.5. The van der Waals surface area contributed by atoms with Gasteiger partial charge in [0.25, 0.3) is 0 Å². The Balaban J connectivity index is 3.52. The van der Waals surface area contributed by atoms with Crippen molar-refractivity contribution in [3.63, 3.8) is 0 Å². The van der Waals surface area contributed by atoms with Crippen molar-refractivity contribution in [2.45, 2.75) is 125 Å². The average Bonchev–Trinajstić information content (AvgIpc) is 2.80. The Morgan fingerprint density at radius 3 is 2.22 bits per heavy atom. The van der Waals surface area contributed by atoms with E-state index in [4.69, 9.17) is 4.74 Å². The van der Waals surface area contributed by atoms with E-state index in [1.54, 1.807) is 25.7 Å². The van der Waals surface area contributed by atoms with Crippen LogP contribution in [0.5, 0.6) is 0 Å². The summed E-state index contributed by atoms with van der Waals surface area (Å²) in [4.78, 5) is 42.4. The van der Waals surface area contributed by atoms with Gasteiger partial charge in [0.05, 0.1) is 0 Å². The van der Waals surface area contributed by atoms with Crippen LogP contribution in [0.15, 0.2) is 24.3 Å². The van der Waals surface area contributed by atoms with Crippen LogP contribution in [-0.2, 0) is 14.3 Å². The summed E-state index contributed by atoms with van der Waals surface area (Å²) >= 11 is 0. The van der Waals surface area contributed by atoms with Gasteiger partial charge in [-0.15, -0.1) is 0 Å². The Morgan fingerprint density at radius 1 is 1.00 bits per heavy atom. The Morgan fingerprint density at radius 2 is 1.68 bits per heavy atom. The zero-order valence-corrected chi connectivity index (χ0v) is 24.6. The van der Waals surface area contributed by atoms with Crippen LogP contribution in [0, 0.1) is 12.8 Å². The third-order valence-electron chi connectivity index (χ3n) is 6.47. The lowest BCUT2D eigenvalue weighted by Crippen LogP contribution is -2.55. The number of hydrogen-bond acceptors (Lipinski definition) is 4. The molecule has 0 aliphatic heterocycles. The highest BCUT2D eigenvalue weighted by Gasteiger charge is 2.38. The number of benzene rings is 1. The lowest BCUT2D eigenvalue weighted by Gasteiger charge is -2.36. The van der Waals surface area contributed by atoms with Gasteiger partial charge in [-0.1, -0.05) is 83.2 Å². The minimum Gasteiger partial charge on any atom is -0.444 e. The van der Waals surface area contributed by atoms with E-state index in [0.717, 1.165) is 43.2 Å². The number of ether oxygens (including phenoxy) is 1. The van der Waals surface area contributed by atoms with E-state index in [9.17, 15) is 14.4 Å². The second kappa shape index (κ2) is 15.6. The van der Waals surface area contributed by atoms with Crippen molar-refractivity contribution in [3.8, 4) is 0 Å². The summed E-state index contributed by atoms with van der Waals surface area (Å²) in [5, 5.41) is 5.96. The molecule has 0 aliphatic carbocycles. The minimum absolute atomic E-state index is 0.0114. The predicted octanol–water partition coefficient (Wildman–Crippen LogP) is 6.30. The van der Waals surface area contributed by atoms with Gasteiger partial charge in [-0.3, -0.25) is 9.59 Å². The molecule has 7 heteroatoms. The van der Waals surface area contributed by atoms with E-state index in [-0.39, 0.29) is 23.8 Å². The number of carbonyl (C=O) groups excluding carboxylic acids is 3. The number of rotatable bonds is 14. The van der Waals surface area contributed by atoms with Crippen LogP contribution in [0.3, 0.4) is 0 Å². The number of nitrogens with zero attached hydrogens (tertiary/aromatic N) is 1. The zero-order chi connectivity index (χ0) is 28.2. The summed E-state index contributed by atoms with van der Waals surface area (Å²) in [6.45, 7) is 17.9. The summed E-state index contributed by atoms with van der Waals surface area (Å²) in [7, 11) is 0.